The fraction of sp³-hybridized carbons (Fsp3) is 0.708. The van der Waals surface area contributed by atoms with Crippen LogP contribution in [0.3, 0.4) is 0 Å². The second kappa shape index (κ2) is 9.56. The maximum absolute atomic E-state index is 13.8. The summed E-state index contributed by atoms with van der Waals surface area (Å²) in [5.74, 6) is 0.938. The van der Waals surface area contributed by atoms with Crippen molar-refractivity contribution in [1.82, 2.24) is 9.80 Å². The monoisotopic (exact) mass is 434 g/mol. The van der Waals surface area contributed by atoms with E-state index in [1.54, 1.807) is 0 Å². The SMILES string of the molecule is CC1CN(CC2CCN(C(=O)C3(c4ccc(Cl)cc4)CCOCC3)CC2)CC(C)O1. The number of halogens is 1. The molecule has 6 heteroatoms. The number of piperidine rings is 1. The Labute approximate surface area is 185 Å². The fourth-order valence-corrected chi connectivity index (χ4v) is 5.66. The van der Waals surface area contributed by atoms with Gasteiger partial charge in [-0.05, 0) is 63.1 Å². The van der Waals surface area contributed by atoms with Crippen LogP contribution in [0.5, 0.6) is 0 Å². The molecule has 166 valence electrons. The van der Waals surface area contributed by atoms with E-state index in [1.807, 2.05) is 24.3 Å². The number of nitrogens with zero attached hydrogens (tertiary/aromatic N) is 2. The number of carbonyl (C=O) groups is 1. The molecule has 3 heterocycles. The molecule has 3 aliphatic rings. The Morgan fingerprint density at radius 3 is 2.27 bits per heavy atom. The van der Waals surface area contributed by atoms with Crippen LogP contribution in [0.2, 0.25) is 5.02 Å². The molecule has 30 heavy (non-hydrogen) atoms. The van der Waals surface area contributed by atoms with Gasteiger partial charge in [0, 0.05) is 51.0 Å². The summed E-state index contributed by atoms with van der Waals surface area (Å²) in [6, 6.07) is 7.86. The number of amides is 1. The van der Waals surface area contributed by atoms with Crippen LogP contribution in [0.25, 0.3) is 0 Å². The number of morpholine rings is 1. The molecule has 3 saturated heterocycles. The summed E-state index contributed by atoms with van der Waals surface area (Å²) in [7, 11) is 0. The van der Waals surface area contributed by atoms with Gasteiger partial charge in [0.25, 0.3) is 0 Å². The van der Waals surface area contributed by atoms with Gasteiger partial charge in [0.1, 0.15) is 0 Å². The summed E-state index contributed by atoms with van der Waals surface area (Å²) in [5.41, 5.74) is 0.615. The lowest BCUT2D eigenvalue weighted by molar-refractivity contribution is -0.143. The van der Waals surface area contributed by atoms with Crippen molar-refractivity contribution in [2.45, 2.75) is 57.2 Å². The predicted octanol–water partition coefficient (Wildman–Crippen LogP) is 3.74. The van der Waals surface area contributed by atoms with Crippen molar-refractivity contribution in [2.24, 2.45) is 5.92 Å². The van der Waals surface area contributed by atoms with Crippen molar-refractivity contribution >= 4 is 17.5 Å². The number of likely N-dealkylation sites (tertiary alicyclic amines) is 1. The maximum atomic E-state index is 13.8. The molecule has 1 aromatic carbocycles. The molecule has 1 aromatic rings. The number of hydrogen-bond acceptors (Lipinski definition) is 4. The molecular weight excluding hydrogens is 400 g/mol. The third-order valence-electron chi connectivity index (χ3n) is 7.07. The van der Waals surface area contributed by atoms with E-state index in [-0.39, 0.29) is 5.91 Å². The smallest absolute Gasteiger partial charge is 0.233 e. The summed E-state index contributed by atoms with van der Waals surface area (Å²) in [4.78, 5) is 18.4. The average Bonchev–Trinajstić information content (AvgIpc) is 2.74. The Hall–Kier alpha value is -1.14. The van der Waals surface area contributed by atoms with Crippen LogP contribution < -0.4 is 0 Å². The Kier molecular flexibility index (Phi) is 7.03. The summed E-state index contributed by atoms with van der Waals surface area (Å²) in [5, 5.41) is 0.709. The van der Waals surface area contributed by atoms with Gasteiger partial charge in [0.15, 0.2) is 0 Å². The molecule has 0 bridgehead atoms. The molecule has 0 aliphatic carbocycles. The van der Waals surface area contributed by atoms with Crippen molar-refractivity contribution in [3.63, 3.8) is 0 Å². The lowest BCUT2D eigenvalue weighted by Gasteiger charge is -2.43. The minimum absolute atomic E-state index is 0.278. The van der Waals surface area contributed by atoms with Gasteiger partial charge < -0.3 is 14.4 Å². The van der Waals surface area contributed by atoms with Crippen LogP contribution >= 0.6 is 11.6 Å². The first kappa shape index (κ1) is 22.1. The van der Waals surface area contributed by atoms with Gasteiger partial charge in [-0.15, -0.1) is 0 Å². The van der Waals surface area contributed by atoms with Crippen LogP contribution in [-0.4, -0.2) is 73.9 Å². The van der Waals surface area contributed by atoms with Crippen molar-refractivity contribution in [1.29, 1.82) is 0 Å². The van der Waals surface area contributed by atoms with Crippen LogP contribution in [-0.2, 0) is 19.7 Å². The Bertz CT molecular complexity index is 702. The molecule has 2 atom stereocenters. The first-order chi connectivity index (χ1) is 14.5. The second-order valence-electron chi connectivity index (χ2n) is 9.41. The molecular formula is C24H35ClN2O3. The van der Waals surface area contributed by atoms with Crippen LogP contribution in [0, 0.1) is 5.92 Å². The largest absolute Gasteiger partial charge is 0.381 e. The molecule has 0 N–H and O–H groups in total. The maximum Gasteiger partial charge on any atom is 0.233 e. The molecule has 3 aliphatic heterocycles. The highest BCUT2D eigenvalue weighted by Crippen LogP contribution is 2.38. The molecule has 5 nitrogen and oxygen atoms in total. The quantitative estimate of drug-likeness (QED) is 0.724. The molecule has 2 unspecified atom stereocenters. The van der Waals surface area contributed by atoms with E-state index in [0.29, 0.717) is 36.4 Å². The Morgan fingerprint density at radius 2 is 1.67 bits per heavy atom. The zero-order valence-electron chi connectivity index (χ0n) is 18.3. The van der Waals surface area contributed by atoms with Gasteiger partial charge >= 0.3 is 0 Å². The van der Waals surface area contributed by atoms with E-state index in [0.717, 1.165) is 64.0 Å². The van der Waals surface area contributed by atoms with E-state index < -0.39 is 5.41 Å². The first-order valence-electron chi connectivity index (χ1n) is 11.5. The summed E-state index contributed by atoms with van der Waals surface area (Å²) in [6.45, 7) is 10.5. The Balaban J connectivity index is 1.39. The van der Waals surface area contributed by atoms with Crippen LogP contribution in [0.15, 0.2) is 24.3 Å². The summed E-state index contributed by atoms with van der Waals surface area (Å²) >= 11 is 6.11. The van der Waals surface area contributed by atoms with E-state index in [9.17, 15) is 4.79 Å². The minimum atomic E-state index is -0.468. The zero-order chi connectivity index (χ0) is 21.1. The van der Waals surface area contributed by atoms with Crippen molar-refractivity contribution in [2.75, 3.05) is 45.9 Å². The normalized spacial score (nSPS) is 28.4. The molecule has 4 rings (SSSR count). The molecule has 3 fully saturated rings. The number of hydrogen-bond donors (Lipinski definition) is 0. The number of ether oxygens (including phenoxy) is 2. The Morgan fingerprint density at radius 1 is 1.07 bits per heavy atom. The zero-order valence-corrected chi connectivity index (χ0v) is 19.1. The third-order valence-corrected chi connectivity index (χ3v) is 7.32. The molecule has 0 saturated carbocycles. The highest BCUT2D eigenvalue weighted by molar-refractivity contribution is 6.30. The van der Waals surface area contributed by atoms with Crippen molar-refractivity contribution in [3.05, 3.63) is 34.9 Å². The van der Waals surface area contributed by atoms with Crippen molar-refractivity contribution < 1.29 is 14.3 Å². The lowest BCUT2D eigenvalue weighted by Crippen LogP contribution is -2.53. The molecule has 1 amide bonds. The van der Waals surface area contributed by atoms with E-state index in [1.165, 1.54) is 0 Å². The number of rotatable bonds is 4. The van der Waals surface area contributed by atoms with Gasteiger partial charge in [0.2, 0.25) is 5.91 Å². The predicted molar refractivity (Wildman–Crippen MR) is 119 cm³/mol. The van der Waals surface area contributed by atoms with Gasteiger partial charge in [-0.2, -0.15) is 0 Å². The molecule has 0 radical (unpaired) electrons. The van der Waals surface area contributed by atoms with E-state index in [4.69, 9.17) is 21.1 Å². The summed E-state index contributed by atoms with van der Waals surface area (Å²) in [6.07, 6.45) is 4.28. The molecule has 0 aromatic heterocycles. The average molecular weight is 435 g/mol. The lowest BCUT2D eigenvalue weighted by atomic mass is 9.72. The van der Waals surface area contributed by atoms with Gasteiger partial charge in [-0.3, -0.25) is 9.69 Å². The topological polar surface area (TPSA) is 42.0 Å². The van der Waals surface area contributed by atoms with Gasteiger partial charge in [-0.1, -0.05) is 23.7 Å². The number of carbonyl (C=O) groups excluding carboxylic acids is 1. The van der Waals surface area contributed by atoms with E-state index >= 15 is 0 Å². The second-order valence-corrected chi connectivity index (χ2v) is 9.85. The third kappa shape index (κ3) is 4.85. The standard InChI is InChI=1S/C24H35ClN2O3/c1-18-15-26(16-19(2)30-18)17-20-7-11-27(12-8-20)23(28)24(9-13-29-14-10-24)21-3-5-22(25)6-4-21/h3-6,18-20H,7-17H2,1-2H3. The van der Waals surface area contributed by atoms with Crippen LogP contribution in [0.1, 0.15) is 45.1 Å². The first-order valence-corrected chi connectivity index (χ1v) is 11.8. The summed E-state index contributed by atoms with van der Waals surface area (Å²) < 4.78 is 11.5. The van der Waals surface area contributed by atoms with Crippen LogP contribution in [0.4, 0.5) is 0 Å². The van der Waals surface area contributed by atoms with Crippen molar-refractivity contribution in [3.8, 4) is 0 Å². The minimum Gasteiger partial charge on any atom is -0.381 e. The van der Waals surface area contributed by atoms with Gasteiger partial charge in [-0.25, -0.2) is 0 Å². The fourth-order valence-electron chi connectivity index (χ4n) is 5.53. The van der Waals surface area contributed by atoms with Gasteiger partial charge in [0.05, 0.1) is 17.6 Å². The molecule has 0 spiro atoms. The van der Waals surface area contributed by atoms with E-state index in [2.05, 4.69) is 23.6 Å². The highest BCUT2D eigenvalue weighted by atomic mass is 35.5. The number of benzene rings is 1. The highest BCUT2D eigenvalue weighted by Gasteiger charge is 2.44.